The van der Waals surface area contributed by atoms with Gasteiger partial charge in [0.15, 0.2) is 0 Å². The lowest BCUT2D eigenvalue weighted by atomic mass is 10.0. The highest BCUT2D eigenvalue weighted by Crippen LogP contribution is 2.17. The number of aryl methyl sites for hydroxylation is 2. The minimum atomic E-state index is 0.164. The van der Waals surface area contributed by atoms with Crippen molar-refractivity contribution < 1.29 is 4.79 Å². The van der Waals surface area contributed by atoms with E-state index in [9.17, 15) is 4.79 Å². The number of rotatable bonds is 1. The molecule has 0 bridgehead atoms. The Balaban J connectivity index is 2.27. The average Bonchev–Trinajstić information content (AvgIpc) is 2.34. The van der Waals surface area contributed by atoms with Gasteiger partial charge in [-0.25, -0.2) is 0 Å². The van der Waals surface area contributed by atoms with Crippen LogP contribution in [-0.4, -0.2) is 36.0 Å². The van der Waals surface area contributed by atoms with Crippen LogP contribution in [0.15, 0.2) is 18.2 Å². The Bertz CT molecular complexity index is 456. The average molecular weight is 246 g/mol. The zero-order valence-electron chi connectivity index (χ0n) is 11.7. The lowest BCUT2D eigenvalue weighted by molar-refractivity contribution is 0.0615. The number of hydrogen-bond acceptors (Lipinski definition) is 2. The summed E-state index contributed by atoms with van der Waals surface area (Å²) in [5, 5.41) is 3.40. The number of piperazine rings is 1. The van der Waals surface area contributed by atoms with E-state index in [-0.39, 0.29) is 11.9 Å². The largest absolute Gasteiger partial charge is 0.333 e. The van der Waals surface area contributed by atoms with E-state index in [0.29, 0.717) is 6.04 Å². The SMILES string of the molecule is Cc1ccc(C)c(C(=O)N2CC(C)NCC2C)c1. The third-order valence-corrected chi connectivity index (χ3v) is 3.65. The van der Waals surface area contributed by atoms with Gasteiger partial charge in [0, 0.05) is 30.7 Å². The molecule has 1 fully saturated rings. The van der Waals surface area contributed by atoms with E-state index in [4.69, 9.17) is 0 Å². The first kappa shape index (κ1) is 13.1. The predicted octanol–water partition coefficient (Wildman–Crippen LogP) is 2.13. The summed E-state index contributed by atoms with van der Waals surface area (Å²) in [7, 11) is 0. The van der Waals surface area contributed by atoms with Gasteiger partial charge in [0.05, 0.1) is 0 Å². The molecule has 2 rings (SSSR count). The highest BCUT2D eigenvalue weighted by molar-refractivity contribution is 5.96. The minimum absolute atomic E-state index is 0.164. The molecule has 0 radical (unpaired) electrons. The molecule has 1 aliphatic heterocycles. The zero-order valence-corrected chi connectivity index (χ0v) is 11.7. The minimum Gasteiger partial charge on any atom is -0.333 e. The molecule has 2 unspecified atom stereocenters. The number of benzene rings is 1. The molecule has 1 N–H and O–H groups in total. The quantitative estimate of drug-likeness (QED) is 0.823. The lowest BCUT2D eigenvalue weighted by Crippen LogP contribution is -2.56. The van der Waals surface area contributed by atoms with Crippen LogP contribution in [0.1, 0.15) is 35.3 Å². The van der Waals surface area contributed by atoms with Gasteiger partial charge < -0.3 is 10.2 Å². The number of nitrogens with zero attached hydrogens (tertiary/aromatic N) is 1. The maximum Gasteiger partial charge on any atom is 0.254 e. The Morgan fingerprint density at radius 1 is 1.33 bits per heavy atom. The van der Waals surface area contributed by atoms with Crippen molar-refractivity contribution in [1.29, 1.82) is 0 Å². The van der Waals surface area contributed by atoms with E-state index in [0.717, 1.165) is 29.8 Å². The van der Waals surface area contributed by atoms with Crippen molar-refractivity contribution in [2.45, 2.75) is 39.8 Å². The Morgan fingerprint density at radius 2 is 2.06 bits per heavy atom. The number of hydrogen-bond donors (Lipinski definition) is 1. The molecule has 1 aromatic carbocycles. The van der Waals surface area contributed by atoms with Gasteiger partial charge >= 0.3 is 0 Å². The van der Waals surface area contributed by atoms with Crippen LogP contribution in [0.25, 0.3) is 0 Å². The Morgan fingerprint density at radius 3 is 2.78 bits per heavy atom. The second kappa shape index (κ2) is 5.11. The lowest BCUT2D eigenvalue weighted by Gasteiger charge is -2.37. The van der Waals surface area contributed by atoms with Crippen LogP contribution in [0.5, 0.6) is 0 Å². The van der Waals surface area contributed by atoms with Gasteiger partial charge in [-0.3, -0.25) is 4.79 Å². The van der Waals surface area contributed by atoms with Crippen LogP contribution in [0, 0.1) is 13.8 Å². The first-order valence-electron chi connectivity index (χ1n) is 6.60. The molecule has 98 valence electrons. The number of amides is 1. The molecule has 0 spiro atoms. The highest BCUT2D eigenvalue weighted by atomic mass is 16.2. The van der Waals surface area contributed by atoms with Crippen molar-refractivity contribution >= 4 is 5.91 Å². The first-order valence-corrected chi connectivity index (χ1v) is 6.60. The summed E-state index contributed by atoms with van der Waals surface area (Å²) >= 11 is 0. The third-order valence-electron chi connectivity index (χ3n) is 3.65. The highest BCUT2D eigenvalue weighted by Gasteiger charge is 2.27. The fourth-order valence-electron chi connectivity index (χ4n) is 2.43. The van der Waals surface area contributed by atoms with Crippen molar-refractivity contribution in [3.05, 3.63) is 34.9 Å². The van der Waals surface area contributed by atoms with Crippen LogP contribution in [0.4, 0.5) is 0 Å². The monoisotopic (exact) mass is 246 g/mol. The van der Waals surface area contributed by atoms with Gasteiger partial charge in [0.2, 0.25) is 0 Å². The van der Waals surface area contributed by atoms with Crippen LogP contribution in [-0.2, 0) is 0 Å². The molecule has 3 heteroatoms. The van der Waals surface area contributed by atoms with Gasteiger partial charge in [-0.05, 0) is 39.3 Å². The van der Waals surface area contributed by atoms with E-state index >= 15 is 0 Å². The van der Waals surface area contributed by atoms with E-state index in [2.05, 4.69) is 25.2 Å². The first-order chi connectivity index (χ1) is 8.49. The van der Waals surface area contributed by atoms with Crippen molar-refractivity contribution in [2.75, 3.05) is 13.1 Å². The topological polar surface area (TPSA) is 32.3 Å². The number of carbonyl (C=O) groups is 1. The van der Waals surface area contributed by atoms with Crippen molar-refractivity contribution in [3.63, 3.8) is 0 Å². The molecule has 2 atom stereocenters. The summed E-state index contributed by atoms with van der Waals surface area (Å²) in [6.07, 6.45) is 0. The van der Waals surface area contributed by atoms with Gasteiger partial charge in [0.1, 0.15) is 0 Å². The molecule has 1 amide bonds. The summed E-state index contributed by atoms with van der Waals surface area (Å²) < 4.78 is 0. The maximum atomic E-state index is 12.6. The molecule has 1 aliphatic rings. The van der Waals surface area contributed by atoms with E-state index in [1.165, 1.54) is 0 Å². The van der Waals surface area contributed by atoms with Gasteiger partial charge in [-0.1, -0.05) is 17.7 Å². The molecule has 0 aliphatic carbocycles. The fraction of sp³-hybridized carbons (Fsp3) is 0.533. The zero-order chi connectivity index (χ0) is 13.3. The predicted molar refractivity (Wildman–Crippen MR) is 73.9 cm³/mol. The van der Waals surface area contributed by atoms with Crippen molar-refractivity contribution in [3.8, 4) is 0 Å². The molecular weight excluding hydrogens is 224 g/mol. The summed E-state index contributed by atoms with van der Waals surface area (Å²) in [4.78, 5) is 14.6. The standard InChI is InChI=1S/C15H22N2O/c1-10-5-6-11(2)14(7-10)15(18)17-9-12(3)16-8-13(17)4/h5-7,12-13,16H,8-9H2,1-4H3. The smallest absolute Gasteiger partial charge is 0.254 e. The third kappa shape index (κ3) is 2.56. The van der Waals surface area contributed by atoms with Crippen LogP contribution >= 0.6 is 0 Å². The fourth-order valence-corrected chi connectivity index (χ4v) is 2.43. The van der Waals surface area contributed by atoms with E-state index < -0.39 is 0 Å². The normalized spacial score (nSPS) is 24.1. The van der Waals surface area contributed by atoms with Gasteiger partial charge in [-0.2, -0.15) is 0 Å². The van der Waals surface area contributed by atoms with Crippen molar-refractivity contribution in [2.24, 2.45) is 0 Å². The molecular formula is C15H22N2O. The second-order valence-electron chi connectivity index (χ2n) is 5.43. The second-order valence-corrected chi connectivity index (χ2v) is 5.43. The van der Waals surface area contributed by atoms with Gasteiger partial charge in [0.25, 0.3) is 5.91 Å². The molecule has 3 nitrogen and oxygen atoms in total. The Hall–Kier alpha value is -1.35. The molecule has 0 saturated carbocycles. The summed E-state index contributed by atoms with van der Waals surface area (Å²) in [6.45, 7) is 9.91. The summed E-state index contributed by atoms with van der Waals surface area (Å²) in [5.74, 6) is 0.164. The van der Waals surface area contributed by atoms with E-state index in [1.54, 1.807) is 0 Å². The van der Waals surface area contributed by atoms with Crippen LogP contribution < -0.4 is 5.32 Å². The molecule has 1 heterocycles. The van der Waals surface area contributed by atoms with Crippen LogP contribution in [0.3, 0.4) is 0 Å². The molecule has 0 aromatic heterocycles. The van der Waals surface area contributed by atoms with Crippen LogP contribution in [0.2, 0.25) is 0 Å². The van der Waals surface area contributed by atoms with Gasteiger partial charge in [-0.15, -0.1) is 0 Å². The number of nitrogens with one attached hydrogen (secondary N) is 1. The molecule has 18 heavy (non-hydrogen) atoms. The summed E-state index contributed by atoms with van der Waals surface area (Å²) in [5.41, 5.74) is 3.04. The Labute approximate surface area is 109 Å². The summed E-state index contributed by atoms with van der Waals surface area (Å²) in [6, 6.07) is 6.70. The van der Waals surface area contributed by atoms with Crippen molar-refractivity contribution in [1.82, 2.24) is 10.2 Å². The molecule has 1 aromatic rings. The Kier molecular flexibility index (Phi) is 3.71. The maximum absolute atomic E-state index is 12.6. The van der Waals surface area contributed by atoms with E-state index in [1.807, 2.05) is 30.9 Å². The number of carbonyl (C=O) groups excluding carboxylic acids is 1. The molecule has 1 saturated heterocycles.